The molecule has 3 aromatic carbocycles. The average molecular weight is 441 g/mol. The van der Waals surface area contributed by atoms with Gasteiger partial charge in [-0.05, 0) is 54.6 Å². The molecule has 4 aromatic rings. The highest BCUT2D eigenvalue weighted by Crippen LogP contribution is 2.37. The summed E-state index contributed by atoms with van der Waals surface area (Å²) in [6, 6.07) is 20.5. The van der Waals surface area contributed by atoms with Crippen LogP contribution in [0.2, 0.25) is 0 Å². The average Bonchev–Trinajstić information content (AvgIpc) is 2.84. The summed E-state index contributed by atoms with van der Waals surface area (Å²) in [5.41, 5.74) is 1.63. The molecular formula is C25H19N3O5. The van der Waals surface area contributed by atoms with Gasteiger partial charge in [-0.2, -0.15) is 5.26 Å². The first kappa shape index (κ1) is 21.5. The van der Waals surface area contributed by atoms with E-state index in [0.717, 1.165) is 5.39 Å². The molecule has 0 saturated carbocycles. The molecule has 33 heavy (non-hydrogen) atoms. The van der Waals surface area contributed by atoms with E-state index in [-0.39, 0.29) is 5.75 Å². The van der Waals surface area contributed by atoms with Crippen molar-refractivity contribution in [2.45, 2.75) is 0 Å². The predicted octanol–water partition coefficient (Wildman–Crippen LogP) is 5.53. The van der Waals surface area contributed by atoms with Crippen LogP contribution in [0.1, 0.15) is 5.56 Å². The van der Waals surface area contributed by atoms with Crippen LogP contribution in [0.5, 0.6) is 28.7 Å². The number of rotatable bonds is 6. The van der Waals surface area contributed by atoms with Crippen LogP contribution in [0.4, 0.5) is 10.5 Å². The zero-order chi connectivity index (χ0) is 23.2. The lowest BCUT2D eigenvalue weighted by Crippen LogP contribution is -2.16. The van der Waals surface area contributed by atoms with E-state index in [9.17, 15) is 4.79 Å². The summed E-state index contributed by atoms with van der Waals surface area (Å²) in [5, 5.41) is 12.3. The van der Waals surface area contributed by atoms with Gasteiger partial charge < -0.3 is 18.9 Å². The molecule has 0 atom stereocenters. The van der Waals surface area contributed by atoms with Gasteiger partial charge in [0.15, 0.2) is 11.5 Å². The fraction of sp³-hybridized carbons (Fsp3) is 0.0800. The third kappa shape index (κ3) is 4.94. The number of hydrogen-bond acceptors (Lipinski definition) is 7. The normalized spacial score (nSPS) is 10.2. The van der Waals surface area contributed by atoms with Gasteiger partial charge in [0.05, 0.1) is 31.4 Å². The van der Waals surface area contributed by atoms with E-state index in [4.69, 9.17) is 24.2 Å². The number of hydrogen-bond donors (Lipinski definition) is 1. The highest BCUT2D eigenvalue weighted by molar-refractivity contribution is 5.88. The Balaban J connectivity index is 1.47. The first-order valence-electron chi connectivity index (χ1n) is 9.87. The van der Waals surface area contributed by atoms with Crippen molar-refractivity contribution in [2.75, 3.05) is 19.5 Å². The van der Waals surface area contributed by atoms with Gasteiger partial charge in [0, 0.05) is 23.3 Å². The van der Waals surface area contributed by atoms with Crippen LogP contribution in [-0.2, 0) is 0 Å². The summed E-state index contributed by atoms with van der Waals surface area (Å²) in [7, 11) is 3.14. The van der Waals surface area contributed by atoms with Crippen molar-refractivity contribution < 1.29 is 23.7 Å². The second-order valence-corrected chi connectivity index (χ2v) is 6.81. The van der Waals surface area contributed by atoms with E-state index in [1.807, 2.05) is 12.1 Å². The number of aromatic nitrogens is 1. The highest BCUT2D eigenvalue weighted by Gasteiger charge is 2.12. The standard InChI is InChI=1S/C25H19N3O5/c1-30-23-13-20-21(14-24(23)31-2)27-11-10-22(20)32-18-8-6-17(7-9-18)28-25(29)33-19-5-3-4-16(12-19)15-26/h3-14H,1-2H3,(H,28,29). The molecule has 1 heterocycles. The molecule has 1 amide bonds. The van der Waals surface area contributed by atoms with Crippen LogP contribution < -0.4 is 24.3 Å². The number of carbonyl (C=O) groups is 1. The summed E-state index contributed by atoms with van der Waals surface area (Å²) in [4.78, 5) is 16.5. The fourth-order valence-corrected chi connectivity index (χ4v) is 3.15. The van der Waals surface area contributed by atoms with E-state index in [1.165, 1.54) is 6.07 Å². The van der Waals surface area contributed by atoms with E-state index in [0.29, 0.717) is 39.8 Å². The minimum Gasteiger partial charge on any atom is -0.493 e. The number of fused-ring (bicyclic) bond motifs is 1. The second-order valence-electron chi connectivity index (χ2n) is 6.81. The zero-order valence-corrected chi connectivity index (χ0v) is 17.9. The molecule has 0 radical (unpaired) electrons. The Morgan fingerprint density at radius 1 is 0.909 bits per heavy atom. The Hall–Kier alpha value is -4.77. The van der Waals surface area contributed by atoms with Gasteiger partial charge in [-0.15, -0.1) is 0 Å². The minimum absolute atomic E-state index is 0.281. The molecule has 4 rings (SSSR count). The molecule has 8 heteroatoms. The van der Waals surface area contributed by atoms with Crippen molar-refractivity contribution in [3.05, 3.63) is 78.5 Å². The number of nitrogens with one attached hydrogen (secondary N) is 1. The third-order valence-electron chi connectivity index (χ3n) is 4.71. The number of carbonyl (C=O) groups excluding carboxylic acids is 1. The maximum Gasteiger partial charge on any atom is 0.417 e. The lowest BCUT2D eigenvalue weighted by molar-refractivity contribution is 0.215. The highest BCUT2D eigenvalue weighted by atomic mass is 16.6. The molecule has 1 aromatic heterocycles. The Bertz CT molecular complexity index is 1350. The van der Waals surface area contributed by atoms with Crippen molar-refractivity contribution in [3.8, 4) is 34.8 Å². The van der Waals surface area contributed by atoms with E-state index in [1.54, 1.807) is 75.0 Å². The number of nitriles is 1. The summed E-state index contributed by atoms with van der Waals surface area (Å²) in [5.74, 6) is 2.59. The van der Waals surface area contributed by atoms with Crippen LogP contribution in [-0.4, -0.2) is 25.3 Å². The lowest BCUT2D eigenvalue weighted by Gasteiger charge is -2.12. The largest absolute Gasteiger partial charge is 0.493 e. The van der Waals surface area contributed by atoms with Gasteiger partial charge >= 0.3 is 6.09 Å². The van der Waals surface area contributed by atoms with Gasteiger partial charge in [0.2, 0.25) is 0 Å². The maximum absolute atomic E-state index is 12.1. The number of methoxy groups -OCH3 is 2. The third-order valence-corrected chi connectivity index (χ3v) is 4.71. The molecule has 0 aliphatic heterocycles. The van der Waals surface area contributed by atoms with Gasteiger partial charge in [0.1, 0.15) is 17.2 Å². The van der Waals surface area contributed by atoms with Crippen LogP contribution >= 0.6 is 0 Å². The van der Waals surface area contributed by atoms with E-state index < -0.39 is 6.09 Å². The van der Waals surface area contributed by atoms with Crippen LogP contribution in [0, 0.1) is 11.3 Å². The van der Waals surface area contributed by atoms with Crippen LogP contribution in [0.25, 0.3) is 10.9 Å². The number of benzene rings is 3. The number of anilines is 1. The van der Waals surface area contributed by atoms with E-state index >= 15 is 0 Å². The van der Waals surface area contributed by atoms with Gasteiger partial charge in [-0.1, -0.05) is 6.07 Å². The van der Waals surface area contributed by atoms with Crippen LogP contribution in [0.15, 0.2) is 72.9 Å². The predicted molar refractivity (Wildman–Crippen MR) is 122 cm³/mol. The molecule has 0 aliphatic rings. The molecule has 1 N–H and O–H groups in total. The Morgan fingerprint density at radius 2 is 1.67 bits per heavy atom. The number of amides is 1. The summed E-state index contributed by atoms with van der Waals surface area (Å²) in [6.45, 7) is 0. The molecule has 8 nitrogen and oxygen atoms in total. The lowest BCUT2D eigenvalue weighted by atomic mass is 10.2. The van der Waals surface area contributed by atoms with Gasteiger partial charge in [-0.25, -0.2) is 4.79 Å². The number of pyridine rings is 1. The first-order valence-corrected chi connectivity index (χ1v) is 9.87. The van der Waals surface area contributed by atoms with Gasteiger partial charge in [0.25, 0.3) is 0 Å². The monoisotopic (exact) mass is 441 g/mol. The molecule has 0 fully saturated rings. The van der Waals surface area contributed by atoms with Crippen LogP contribution in [0.3, 0.4) is 0 Å². The Morgan fingerprint density at radius 3 is 2.39 bits per heavy atom. The summed E-state index contributed by atoms with van der Waals surface area (Å²) < 4.78 is 22.0. The maximum atomic E-state index is 12.1. The first-order chi connectivity index (χ1) is 16.1. The molecule has 0 spiro atoms. The second kappa shape index (κ2) is 9.58. The molecule has 164 valence electrons. The minimum atomic E-state index is -0.667. The Labute approximate surface area is 189 Å². The fourth-order valence-electron chi connectivity index (χ4n) is 3.15. The summed E-state index contributed by atoms with van der Waals surface area (Å²) in [6.07, 6.45) is 0.983. The van der Waals surface area contributed by atoms with Crippen molar-refractivity contribution in [3.63, 3.8) is 0 Å². The molecule has 0 saturated heterocycles. The van der Waals surface area contributed by atoms with Crippen molar-refractivity contribution >= 4 is 22.7 Å². The van der Waals surface area contributed by atoms with Crippen molar-refractivity contribution in [2.24, 2.45) is 0 Å². The quantitative estimate of drug-likeness (QED) is 0.420. The molecule has 0 bridgehead atoms. The van der Waals surface area contributed by atoms with E-state index in [2.05, 4.69) is 10.3 Å². The Kier molecular flexibility index (Phi) is 6.23. The summed E-state index contributed by atoms with van der Waals surface area (Å²) >= 11 is 0. The van der Waals surface area contributed by atoms with Crippen molar-refractivity contribution in [1.29, 1.82) is 5.26 Å². The molecule has 0 aliphatic carbocycles. The molecular weight excluding hydrogens is 422 g/mol. The molecule has 0 unspecified atom stereocenters. The smallest absolute Gasteiger partial charge is 0.417 e. The zero-order valence-electron chi connectivity index (χ0n) is 17.9. The van der Waals surface area contributed by atoms with Crippen molar-refractivity contribution in [1.82, 2.24) is 4.98 Å². The number of ether oxygens (including phenoxy) is 4. The number of nitrogens with zero attached hydrogens (tertiary/aromatic N) is 2. The van der Waals surface area contributed by atoms with Gasteiger partial charge in [-0.3, -0.25) is 10.3 Å². The SMILES string of the molecule is COc1cc2nccc(Oc3ccc(NC(=O)Oc4cccc(C#N)c4)cc3)c2cc1OC. The topological polar surface area (TPSA) is 103 Å².